The highest BCUT2D eigenvalue weighted by Gasteiger charge is 2.28. The molecule has 0 radical (unpaired) electrons. The van der Waals surface area contributed by atoms with Crippen LogP contribution in [-0.4, -0.2) is 32.3 Å². The molecule has 1 aromatic rings. The summed E-state index contributed by atoms with van der Waals surface area (Å²) < 4.78 is 36.8. The van der Waals surface area contributed by atoms with E-state index in [1.165, 1.54) is 6.92 Å². The minimum Gasteiger partial charge on any atom is -0.339 e. The third kappa shape index (κ3) is 3.74. The van der Waals surface area contributed by atoms with Gasteiger partial charge in [0, 0.05) is 34.9 Å². The summed E-state index contributed by atoms with van der Waals surface area (Å²) in [5.74, 6) is -0.618. The number of carbonyl (C=O) groups excluding carboxylic acids is 1. The maximum absolute atomic E-state index is 13.9. The molecule has 0 bridgehead atoms. The van der Waals surface area contributed by atoms with Crippen LogP contribution in [0.15, 0.2) is 17.0 Å². The molecule has 7 heteroatoms. The maximum Gasteiger partial charge on any atom is 0.261 e. The van der Waals surface area contributed by atoms with E-state index in [1.54, 1.807) is 4.90 Å². The Morgan fingerprint density at radius 1 is 1.43 bits per heavy atom. The van der Waals surface area contributed by atoms with Gasteiger partial charge in [-0.05, 0) is 44.7 Å². The lowest BCUT2D eigenvalue weighted by molar-refractivity contribution is 0.0756. The third-order valence-corrected chi connectivity index (χ3v) is 5.10. The van der Waals surface area contributed by atoms with E-state index in [2.05, 4.69) is 0 Å². The topological polar surface area (TPSA) is 54.5 Å². The average Bonchev–Trinajstić information content (AvgIpc) is 3.20. The fourth-order valence-corrected chi connectivity index (χ4v) is 3.39. The van der Waals surface area contributed by atoms with Crippen molar-refractivity contribution in [3.63, 3.8) is 0 Å². The van der Waals surface area contributed by atoms with Gasteiger partial charge in [0.05, 0.1) is 4.90 Å². The fraction of sp³-hybridized carbons (Fsp3) is 0.500. The largest absolute Gasteiger partial charge is 0.339 e. The van der Waals surface area contributed by atoms with Crippen molar-refractivity contribution in [2.24, 2.45) is 5.92 Å². The lowest BCUT2D eigenvalue weighted by Gasteiger charge is -2.21. The van der Waals surface area contributed by atoms with E-state index in [4.69, 9.17) is 10.7 Å². The first kappa shape index (κ1) is 16.2. The van der Waals surface area contributed by atoms with Gasteiger partial charge in [-0.15, -0.1) is 0 Å². The smallest absolute Gasteiger partial charge is 0.261 e. The Labute approximate surface area is 128 Å². The molecule has 2 rings (SSSR count). The Kier molecular flexibility index (Phi) is 4.58. The number of halogens is 2. The van der Waals surface area contributed by atoms with Crippen molar-refractivity contribution in [1.82, 2.24) is 4.90 Å². The van der Waals surface area contributed by atoms with Gasteiger partial charge in [-0.1, -0.05) is 0 Å². The van der Waals surface area contributed by atoms with Gasteiger partial charge in [-0.25, -0.2) is 12.8 Å². The van der Waals surface area contributed by atoms with Crippen molar-refractivity contribution in [3.05, 3.63) is 29.1 Å². The molecule has 0 N–H and O–H groups in total. The number of benzene rings is 1. The highest BCUT2D eigenvalue weighted by molar-refractivity contribution is 8.13. The minimum atomic E-state index is -4.09. The zero-order chi connectivity index (χ0) is 15.8. The number of hydrogen-bond donors (Lipinski definition) is 0. The van der Waals surface area contributed by atoms with Crippen LogP contribution in [0, 0.1) is 18.7 Å². The van der Waals surface area contributed by atoms with E-state index in [1.807, 2.05) is 6.92 Å². The highest BCUT2D eigenvalue weighted by atomic mass is 35.7. The lowest BCUT2D eigenvalue weighted by Crippen LogP contribution is -2.33. The van der Waals surface area contributed by atoms with Gasteiger partial charge in [-0.2, -0.15) is 0 Å². The van der Waals surface area contributed by atoms with Crippen molar-refractivity contribution < 1.29 is 17.6 Å². The SMILES string of the molecule is CCN(CC1CC1)C(=O)c1cc(F)c(C)c(S(=O)(=O)Cl)c1. The van der Waals surface area contributed by atoms with Gasteiger partial charge in [0.1, 0.15) is 5.82 Å². The zero-order valence-corrected chi connectivity index (χ0v) is 13.5. The Balaban J connectivity index is 2.38. The molecule has 0 aliphatic heterocycles. The Hall–Kier alpha value is -1.14. The molecule has 4 nitrogen and oxygen atoms in total. The molecule has 1 amide bonds. The van der Waals surface area contributed by atoms with Crippen molar-refractivity contribution in [2.45, 2.75) is 31.6 Å². The maximum atomic E-state index is 13.9. The standard InChI is InChI=1S/C14H17ClFNO3S/c1-3-17(8-10-4-5-10)14(18)11-6-12(16)9(2)13(7-11)21(15,19)20/h6-7,10H,3-5,8H2,1-2H3. The van der Waals surface area contributed by atoms with Gasteiger partial charge in [-0.3, -0.25) is 4.79 Å². The van der Waals surface area contributed by atoms with Crippen LogP contribution >= 0.6 is 10.7 Å². The minimum absolute atomic E-state index is 0.0137. The van der Waals surface area contributed by atoms with Crippen LogP contribution < -0.4 is 0 Å². The van der Waals surface area contributed by atoms with Gasteiger partial charge in [0.15, 0.2) is 0 Å². The van der Waals surface area contributed by atoms with E-state index in [-0.39, 0.29) is 21.9 Å². The second-order valence-electron chi connectivity index (χ2n) is 5.31. The molecule has 1 saturated carbocycles. The van der Waals surface area contributed by atoms with E-state index >= 15 is 0 Å². The summed E-state index contributed by atoms with van der Waals surface area (Å²) in [5, 5.41) is 0. The van der Waals surface area contributed by atoms with Gasteiger partial charge in [0.2, 0.25) is 0 Å². The molecule has 0 atom stereocenters. The summed E-state index contributed by atoms with van der Waals surface area (Å²) in [6.07, 6.45) is 2.18. The molecule has 1 aromatic carbocycles. The number of rotatable bonds is 5. The first-order chi connectivity index (χ1) is 9.74. The fourth-order valence-electron chi connectivity index (χ4n) is 2.18. The van der Waals surface area contributed by atoms with Crippen molar-refractivity contribution in [3.8, 4) is 0 Å². The summed E-state index contributed by atoms with van der Waals surface area (Å²) in [6.45, 7) is 4.27. The van der Waals surface area contributed by atoms with E-state index in [0.717, 1.165) is 25.0 Å². The summed E-state index contributed by atoms with van der Waals surface area (Å²) >= 11 is 0. The van der Waals surface area contributed by atoms with Crippen LogP contribution in [0.5, 0.6) is 0 Å². The number of carbonyl (C=O) groups is 1. The van der Waals surface area contributed by atoms with E-state index < -0.39 is 14.9 Å². The predicted octanol–water partition coefficient (Wildman–Crippen LogP) is 2.93. The normalized spacial score (nSPS) is 15.0. The van der Waals surface area contributed by atoms with Gasteiger partial charge >= 0.3 is 0 Å². The van der Waals surface area contributed by atoms with Gasteiger partial charge < -0.3 is 4.90 Å². The molecule has 0 saturated heterocycles. The average molecular weight is 334 g/mol. The van der Waals surface area contributed by atoms with E-state index in [9.17, 15) is 17.6 Å². The molecule has 0 aromatic heterocycles. The monoisotopic (exact) mass is 333 g/mol. The van der Waals surface area contributed by atoms with Crippen LogP contribution in [0.25, 0.3) is 0 Å². The molecule has 1 aliphatic rings. The van der Waals surface area contributed by atoms with Gasteiger partial charge in [0.25, 0.3) is 15.0 Å². The second kappa shape index (κ2) is 5.93. The molecule has 1 fully saturated rings. The van der Waals surface area contributed by atoms with Crippen LogP contribution in [0.3, 0.4) is 0 Å². The summed E-state index contributed by atoms with van der Waals surface area (Å²) in [4.78, 5) is 13.7. The van der Waals surface area contributed by atoms with Crippen LogP contribution in [0.4, 0.5) is 4.39 Å². The Morgan fingerprint density at radius 3 is 2.52 bits per heavy atom. The molecule has 0 heterocycles. The summed E-state index contributed by atoms with van der Waals surface area (Å²) in [6, 6.07) is 2.22. The van der Waals surface area contributed by atoms with Crippen LogP contribution in [-0.2, 0) is 9.05 Å². The van der Waals surface area contributed by atoms with E-state index in [0.29, 0.717) is 19.0 Å². The molecule has 0 spiro atoms. The number of hydrogen-bond acceptors (Lipinski definition) is 3. The first-order valence-electron chi connectivity index (χ1n) is 6.78. The molecule has 116 valence electrons. The van der Waals surface area contributed by atoms with Crippen LogP contribution in [0.1, 0.15) is 35.7 Å². The lowest BCUT2D eigenvalue weighted by atomic mass is 10.1. The molecule has 1 aliphatic carbocycles. The number of amides is 1. The predicted molar refractivity (Wildman–Crippen MR) is 78.5 cm³/mol. The quantitative estimate of drug-likeness (QED) is 0.778. The Bertz CT molecular complexity index is 671. The molecular formula is C14H17ClFNO3S. The molecular weight excluding hydrogens is 317 g/mol. The van der Waals surface area contributed by atoms with Crippen LogP contribution in [0.2, 0.25) is 0 Å². The van der Waals surface area contributed by atoms with Crippen molar-refractivity contribution in [2.75, 3.05) is 13.1 Å². The van der Waals surface area contributed by atoms with Crippen molar-refractivity contribution >= 4 is 25.6 Å². The van der Waals surface area contributed by atoms with Crippen molar-refractivity contribution in [1.29, 1.82) is 0 Å². The highest BCUT2D eigenvalue weighted by Crippen LogP contribution is 2.30. The molecule has 21 heavy (non-hydrogen) atoms. The first-order valence-corrected chi connectivity index (χ1v) is 9.09. The second-order valence-corrected chi connectivity index (χ2v) is 7.84. The summed E-state index contributed by atoms with van der Waals surface area (Å²) in [7, 11) is 1.21. The molecule has 0 unspecified atom stereocenters. The zero-order valence-electron chi connectivity index (χ0n) is 11.9. The summed E-state index contributed by atoms with van der Waals surface area (Å²) in [5.41, 5.74) is -0.0633. The number of nitrogens with zero attached hydrogens (tertiary/aromatic N) is 1. The Morgan fingerprint density at radius 2 is 2.05 bits per heavy atom. The third-order valence-electron chi connectivity index (χ3n) is 3.65.